The number of carbonyl (C=O) groups is 2. The number of carbonyl (C=O) groups excluding carboxylic acids is 2. The minimum absolute atomic E-state index is 0.286. The number of anilines is 1. The molecule has 2 amide bonds. The first-order chi connectivity index (χ1) is 12.6. The maximum absolute atomic E-state index is 13.3. The number of ether oxygens (including phenoxy) is 4. The zero-order chi connectivity index (χ0) is 18.1. The zero-order valence-corrected chi connectivity index (χ0v) is 15.5. The molecule has 0 aliphatic carbocycles. The number of halogens is 1. The number of benzene rings is 1. The second-order valence-electron chi connectivity index (χ2n) is 6.70. The van der Waals surface area contributed by atoms with E-state index in [4.69, 9.17) is 18.9 Å². The maximum Gasteiger partial charge on any atom is 0.241 e. The molecule has 0 saturated carbocycles. The first kappa shape index (κ1) is 16.4. The van der Waals surface area contributed by atoms with Gasteiger partial charge in [0, 0.05) is 4.47 Å². The Hall–Kier alpha value is -1.74. The summed E-state index contributed by atoms with van der Waals surface area (Å²) in [5.41, 5.74) is -0.624. The van der Waals surface area contributed by atoms with Gasteiger partial charge in [-0.05, 0) is 24.3 Å². The van der Waals surface area contributed by atoms with Crippen molar-refractivity contribution < 1.29 is 28.5 Å². The average molecular weight is 422 g/mol. The lowest BCUT2D eigenvalue weighted by atomic mass is 9.76. The van der Waals surface area contributed by atoms with E-state index in [-0.39, 0.29) is 11.8 Å². The topological polar surface area (TPSA) is 74.3 Å². The second-order valence-corrected chi connectivity index (χ2v) is 7.62. The normalized spacial score (nSPS) is 35.6. The second kappa shape index (κ2) is 5.63. The third-order valence-corrected chi connectivity index (χ3v) is 5.94. The fraction of sp³-hybridized carbons (Fsp3) is 0.444. The number of nitrogens with zero attached hydrogens (tertiary/aromatic N) is 1. The first-order valence-electron chi connectivity index (χ1n) is 8.38. The molecule has 3 fully saturated rings. The van der Waals surface area contributed by atoms with Gasteiger partial charge in [-0.3, -0.25) is 9.59 Å². The van der Waals surface area contributed by atoms with Gasteiger partial charge in [0.15, 0.2) is 11.9 Å². The van der Waals surface area contributed by atoms with E-state index in [0.717, 1.165) is 4.47 Å². The van der Waals surface area contributed by atoms with Gasteiger partial charge in [0.2, 0.25) is 11.8 Å². The predicted octanol–water partition coefficient (Wildman–Crippen LogP) is 1.64. The van der Waals surface area contributed by atoms with E-state index >= 15 is 0 Å². The Bertz CT molecular complexity index is 835. The maximum atomic E-state index is 13.3. The predicted molar refractivity (Wildman–Crippen MR) is 92.6 cm³/mol. The Labute approximate surface area is 158 Å². The molecule has 1 aromatic carbocycles. The van der Waals surface area contributed by atoms with E-state index in [0.29, 0.717) is 24.7 Å². The number of rotatable bonds is 3. The summed E-state index contributed by atoms with van der Waals surface area (Å²) in [6.45, 7) is 0.883. The van der Waals surface area contributed by atoms with Crippen LogP contribution >= 0.6 is 15.9 Å². The summed E-state index contributed by atoms with van der Waals surface area (Å²) >= 11 is 3.39. The number of methoxy groups -OCH3 is 1. The quantitative estimate of drug-likeness (QED) is 0.545. The van der Waals surface area contributed by atoms with Gasteiger partial charge in [-0.2, -0.15) is 0 Å². The molecular weight excluding hydrogens is 406 g/mol. The summed E-state index contributed by atoms with van der Waals surface area (Å²) in [7, 11) is 1.51. The molecule has 136 valence electrons. The van der Waals surface area contributed by atoms with Crippen molar-refractivity contribution in [3.05, 3.63) is 34.8 Å². The molecule has 0 spiro atoms. The van der Waals surface area contributed by atoms with Crippen molar-refractivity contribution in [2.24, 2.45) is 11.8 Å². The molecule has 4 aliphatic rings. The molecule has 0 radical (unpaired) electrons. The highest BCUT2D eigenvalue weighted by Crippen LogP contribution is 2.55. The minimum Gasteiger partial charge on any atom is -0.495 e. The highest BCUT2D eigenvalue weighted by Gasteiger charge is 2.71. The van der Waals surface area contributed by atoms with Gasteiger partial charge in [-0.25, -0.2) is 4.90 Å². The fourth-order valence-electron chi connectivity index (χ4n) is 4.40. The molecule has 0 aromatic heterocycles. The molecule has 1 aromatic rings. The number of amides is 2. The van der Waals surface area contributed by atoms with Crippen LogP contribution in [0.15, 0.2) is 34.8 Å². The monoisotopic (exact) mass is 421 g/mol. The van der Waals surface area contributed by atoms with Crippen LogP contribution in [0.3, 0.4) is 0 Å². The van der Waals surface area contributed by atoms with E-state index in [2.05, 4.69) is 15.9 Å². The number of hydrogen-bond donors (Lipinski definition) is 0. The van der Waals surface area contributed by atoms with Crippen molar-refractivity contribution in [1.29, 1.82) is 0 Å². The van der Waals surface area contributed by atoms with E-state index in [1.807, 2.05) is 12.2 Å². The summed E-state index contributed by atoms with van der Waals surface area (Å²) in [5.74, 6) is -1.40. The molecule has 7 nitrogen and oxygen atoms in total. The first-order valence-corrected chi connectivity index (χ1v) is 9.18. The number of fused-ring (bicyclic) bond motifs is 5. The van der Waals surface area contributed by atoms with Crippen molar-refractivity contribution in [2.75, 3.05) is 25.2 Å². The highest BCUT2D eigenvalue weighted by atomic mass is 79.9. The fourth-order valence-corrected chi connectivity index (χ4v) is 4.75. The molecule has 0 N–H and O–H groups in total. The van der Waals surface area contributed by atoms with Gasteiger partial charge in [-0.15, -0.1) is 0 Å². The largest absolute Gasteiger partial charge is 0.495 e. The lowest BCUT2D eigenvalue weighted by molar-refractivity contribution is -0.180. The summed E-state index contributed by atoms with van der Waals surface area (Å²) < 4.78 is 23.4. The van der Waals surface area contributed by atoms with Gasteiger partial charge in [0.1, 0.15) is 5.75 Å². The van der Waals surface area contributed by atoms with Crippen LogP contribution in [0.25, 0.3) is 0 Å². The van der Waals surface area contributed by atoms with Crippen LogP contribution in [0.4, 0.5) is 5.69 Å². The zero-order valence-electron chi connectivity index (χ0n) is 13.9. The van der Waals surface area contributed by atoms with Gasteiger partial charge in [0.05, 0.1) is 44.0 Å². The van der Waals surface area contributed by atoms with Crippen LogP contribution in [-0.4, -0.2) is 50.1 Å². The molecule has 4 aliphatic heterocycles. The van der Waals surface area contributed by atoms with E-state index in [1.54, 1.807) is 18.2 Å². The molecule has 0 unspecified atom stereocenters. The Kier molecular flexibility index (Phi) is 3.56. The van der Waals surface area contributed by atoms with Crippen LogP contribution in [0.1, 0.15) is 0 Å². The highest BCUT2D eigenvalue weighted by molar-refractivity contribution is 9.10. The Balaban J connectivity index is 1.59. The molecule has 2 bridgehead atoms. The van der Waals surface area contributed by atoms with Crippen LogP contribution in [0, 0.1) is 11.8 Å². The van der Waals surface area contributed by atoms with Gasteiger partial charge in [0.25, 0.3) is 0 Å². The molecule has 8 heteroatoms. The molecule has 5 rings (SSSR count). The summed E-state index contributed by atoms with van der Waals surface area (Å²) in [6.07, 6.45) is 2.52. The molecule has 4 heterocycles. The van der Waals surface area contributed by atoms with Crippen LogP contribution in [0.5, 0.6) is 5.75 Å². The number of imide groups is 1. The van der Waals surface area contributed by atoms with Crippen LogP contribution in [0.2, 0.25) is 0 Å². The van der Waals surface area contributed by atoms with E-state index in [9.17, 15) is 9.59 Å². The Morgan fingerprint density at radius 2 is 2.00 bits per heavy atom. The van der Waals surface area contributed by atoms with Gasteiger partial charge < -0.3 is 18.9 Å². The van der Waals surface area contributed by atoms with Crippen LogP contribution in [-0.2, 0) is 23.8 Å². The van der Waals surface area contributed by atoms with Crippen molar-refractivity contribution in [1.82, 2.24) is 0 Å². The van der Waals surface area contributed by atoms with E-state index < -0.39 is 29.8 Å². The molecule has 3 saturated heterocycles. The van der Waals surface area contributed by atoms with Crippen LogP contribution < -0.4 is 9.64 Å². The lowest BCUT2D eigenvalue weighted by Gasteiger charge is -2.32. The lowest BCUT2D eigenvalue weighted by Crippen LogP contribution is -2.49. The van der Waals surface area contributed by atoms with Gasteiger partial charge in [-0.1, -0.05) is 22.0 Å². The van der Waals surface area contributed by atoms with Crippen molar-refractivity contribution in [2.45, 2.75) is 18.0 Å². The third-order valence-electron chi connectivity index (χ3n) is 5.45. The van der Waals surface area contributed by atoms with Crippen molar-refractivity contribution in [3.8, 4) is 5.75 Å². The third kappa shape index (κ3) is 1.98. The SMILES string of the molecule is COc1ccc(Br)cc1N1C(=O)[C@@H]2[C@H]3C=C[C@@](C4OCCO4)(O3)[C@H]2C1=O. The van der Waals surface area contributed by atoms with E-state index in [1.165, 1.54) is 12.0 Å². The minimum atomic E-state index is -1.05. The average Bonchev–Trinajstić information content (AvgIpc) is 3.38. The Morgan fingerprint density at radius 3 is 2.73 bits per heavy atom. The smallest absolute Gasteiger partial charge is 0.241 e. The standard InChI is InChI=1S/C18H16BrNO6/c1-23-11-3-2-9(19)8-10(11)20-15(21)13-12-4-5-18(26-12,14(13)16(20)22)17-24-6-7-25-17/h2-5,8,12-14,17H,6-7H2,1H3/t12-,13-,14-,18-/m1/s1. The number of hydrogen-bond acceptors (Lipinski definition) is 6. The molecule has 4 atom stereocenters. The Morgan fingerprint density at radius 1 is 1.23 bits per heavy atom. The van der Waals surface area contributed by atoms with Gasteiger partial charge >= 0.3 is 0 Å². The summed E-state index contributed by atoms with van der Waals surface area (Å²) in [5, 5.41) is 0. The van der Waals surface area contributed by atoms with Crippen molar-refractivity contribution in [3.63, 3.8) is 0 Å². The summed E-state index contributed by atoms with van der Waals surface area (Å²) in [6, 6.07) is 5.22. The van der Waals surface area contributed by atoms with Crippen molar-refractivity contribution >= 4 is 33.4 Å². The summed E-state index contributed by atoms with van der Waals surface area (Å²) in [4.78, 5) is 27.7. The molecule has 26 heavy (non-hydrogen) atoms. The molecular formula is C18H16BrNO6.